The third kappa shape index (κ3) is 3.31. The Bertz CT molecular complexity index is 677. The molecule has 2 N–H and O–H groups in total. The van der Waals surface area contributed by atoms with E-state index in [2.05, 4.69) is 10.3 Å². The molecule has 0 spiro atoms. The van der Waals surface area contributed by atoms with Gasteiger partial charge in [0.2, 0.25) is 0 Å². The van der Waals surface area contributed by atoms with Crippen LogP contribution >= 0.6 is 0 Å². The Labute approximate surface area is 119 Å². The van der Waals surface area contributed by atoms with Crippen LogP contribution in [0.15, 0.2) is 24.3 Å². The van der Waals surface area contributed by atoms with Gasteiger partial charge in [-0.25, -0.2) is 8.78 Å². The van der Waals surface area contributed by atoms with Crippen LogP contribution in [0.3, 0.4) is 0 Å². The SMILES string of the molecule is CNc1ccc(COc2nc(F)c(F)cc2F)cc1C=N. The number of benzene rings is 1. The number of hydrogen-bond acceptors (Lipinski definition) is 4. The van der Waals surface area contributed by atoms with E-state index in [9.17, 15) is 13.2 Å². The molecule has 21 heavy (non-hydrogen) atoms. The summed E-state index contributed by atoms with van der Waals surface area (Å²) in [5.74, 6) is -4.47. The lowest BCUT2D eigenvalue weighted by molar-refractivity contribution is 0.268. The highest BCUT2D eigenvalue weighted by molar-refractivity contribution is 5.85. The van der Waals surface area contributed by atoms with Crippen molar-refractivity contribution in [2.45, 2.75) is 6.61 Å². The lowest BCUT2D eigenvalue weighted by Crippen LogP contribution is -2.04. The Morgan fingerprint density at radius 3 is 2.67 bits per heavy atom. The van der Waals surface area contributed by atoms with Crippen LogP contribution in [0.2, 0.25) is 0 Å². The monoisotopic (exact) mass is 295 g/mol. The summed E-state index contributed by atoms with van der Waals surface area (Å²) in [7, 11) is 1.72. The number of pyridine rings is 1. The van der Waals surface area contributed by atoms with Gasteiger partial charge in [0.25, 0.3) is 11.8 Å². The number of hydrogen-bond donors (Lipinski definition) is 2. The number of aromatic nitrogens is 1. The molecule has 0 amide bonds. The quantitative estimate of drug-likeness (QED) is 0.658. The highest BCUT2D eigenvalue weighted by Crippen LogP contribution is 2.20. The first kappa shape index (κ1) is 14.8. The maximum atomic E-state index is 13.4. The molecule has 2 aromatic rings. The van der Waals surface area contributed by atoms with E-state index in [1.165, 1.54) is 0 Å². The van der Waals surface area contributed by atoms with Gasteiger partial charge in [0.15, 0.2) is 11.6 Å². The van der Waals surface area contributed by atoms with Crippen LogP contribution in [0, 0.1) is 23.0 Å². The van der Waals surface area contributed by atoms with Crippen LogP contribution in [-0.2, 0) is 6.61 Å². The van der Waals surface area contributed by atoms with Crippen molar-refractivity contribution in [3.63, 3.8) is 0 Å². The van der Waals surface area contributed by atoms with E-state index in [1.54, 1.807) is 25.2 Å². The van der Waals surface area contributed by atoms with Gasteiger partial charge in [-0.3, -0.25) is 0 Å². The van der Waals surface area contributed by atoms with Crippen LogP contribution in [-0.4, -0.2) is 18.2 Å². The van der Waals surface area contributed by atoms with E-state index in [1.807, 2.05) is 0 Å². The van der Waals surface area contributed by atoms with Gasteiger partial charge in [0, 0.05) is 30.6 Å². The normalized spacial score (nSPS) is 10.3. The molecule has 0 fully saturated rings. The Balaban J connectivity index is 2.17. The fourth-order valence-corrected chi connectivity index (χ4v) is 1.73. The number of nitrogens with one attached hydrogen (secondary N) is 2. The Morgan fingerprint density at radius 1 is 1.24 bits per heavy atom. The predicted molar refractivity (Wildman–Crippen MR) is 72.3 cm³/mol. The largest absolute Gasteiger partial charge is 0.471 e. The lowest BCUT2D eigenvalue weighted by atomic mass is 10.1. The van der Waals surface area contributed by atoms with Crippen LogP contribution in [0.5, 0.6) is 5.88 Å². The van der Waals surface area contributed by atoms with Gasteiger partial charge in [0.05, 0.1) is 0 Å². The average Bonchev–Trinajstić information content (AvgIpc) is 2.49. The van der Waals surface area contributed by atoms with Crippen molar-refractivity contribution in [2.75, 3.05) is 12.4 Å². The zero-order chi connectivity index (χ0) is 15.4. The number of anilines is 1. The summed E-state index contributed by atoms with van der Waals surface area (Å²) < 4.78 is 44.1. The van der Waals surface area contributed by atoms with Crippen LogP contribution < -0.4 is 10.1 Å². The summed E-state index contributed by atoms with van der Waals surface area (Å²) in [6, 6.07) is 5.48. The van der Waals surface area contributed by atoms with Crippen molar-refractivity contribution in [1.29, 1.82) is 5.41 Å². The first-order valence-corrected chi connectivity index (χ1v) is 6.00. The van der Waals surface area contributed by atoms with Crippen LogP contribution in [0.4, 0.5) is 18.9 Å². The molecular formula is C14H12F3N3O. The van der Waals surface area contributed by atoms with E-state index in [4.69, 9.17) is 10.1 Å². The third-order valence-electron chi connectivity index (χ3n) is 2.77. The predicted octanol–water partition coefficient (Wildman–Crippen LogP) is 3.12. The Morgan fingerprint density at radius 2 is 2.00 bits per heavy atom. The minimum Gasteiger partial charge on any atom is -0.471 e. The number of ether oxygens (including phenoxy) is 1. The first-order chi connectivity index (χ1) is 10.0. The molecule has 1 heterocycles. The van der Waals surface area contributed by atoms with Gasteiger partial charge >= 0.3 is 0 Å². The van der Waals surface area contributed by atoms with Crippen molar-refractivity contribution in [3.8, 4) is 5.88 Å². The molecule has 0 aliphatic rings. The van der Waals surface area contributed by atoms with E-state index in [0.717, 1.165) is 11.9 Å². The smallest absolute Gasteiger partial charge is 0.253 e. The van der Waals surface area contributed by atoms with E-state index in [-0.39, 0.29) is 6.61 Å². The lowest BCUT2D eigenvalue weighted by Gasteiger charge is -2.09. The molecule has 0 atom stereocenters. The summed E-state index contributed by atoms with van der Waals surface area (Å²) in [6.07, 6.45) is 1.16. The molecule has 0 unspecified atom stereocenters. The Hall–Kier alpha value is -2.57. The van der Waals surface area contributed by atoms with Gasteiger partial charge in [-0.2, -0.15) is 9.37 Å². The van der Waals surface area contributed by atoms with E-state index in [0.29, 0.717) is 17.2 Å². The molecular weight excluding hydrogens is 283 g/mol. The highest BCUT2D eigenvalue weighted by Gasteiger charge is 2.13. The average molecular weight is 295 g/mol. The third-order valence-corrected chi connectivity index (χ3v) is 2.77. The molecule has 7 heteroatoms. The summed E-state index contributed by atoms with van der Waals surface area (Å²) in [5.41, 5.74) is 2.02. The molecule has 0 radical (unpaired) electrons. The molecule has 0 saturated carbocycles. The second-order valence-corrected chi connectivity index (χ2v) is 4.15. The van der Waals surface area contributed by atoms with Gasteiger partial charge in [-0.05, 0) is 17.7 Å². The second-order valence-electron chi connectivity index (χ2n) is 4.15. The van der Waals surface area contributed by atoms with Gasteiger partial charge < -0.3 is 15.5 Å². The minimum atomic E-state index is -1.42. The van der Waals surface area contributed by atoms with Crippen molar-refractivity contribution < 1.29 is 17.9 Å². The van der Waals surface area contributed by atoms with Crippen LogP contribution in [0.1, 0.15) is 11.1 Å². The molecule has 0 aliphatic heterocycles. The van der Waals surface area contributed by atoms with Crippen molar-refractivity contribution >= 4 is 11.9 Å². The summed E-state index contributed by atoms with van der Waals surface area (Å²) in [4.78, 5) is 3.07. The standard InChI is InChI=1S/C14H12F3N3O/c1-19-12-3-2-8(4-9(12)6-18)7-21-14-11(16)5-10(15)13(17)20-14/h2-6,18-19H,7H2,1H3. The first-order valence-electron chi connectivity index (χ1n) is 6.00. The molecule has 0 bridgehead atoms. The topological polar surface area (TPSA) is 58.0 Å². The zero-order valence-corrected chi connectivity index (χ0v) is 11.1. The van der Waals surface area contributed by atoms with Gasteiger partial charge in [0.1, 0.15) is 6.61 Å². The molecule has 1 aromatic carbocycles. The molecule has 0 saturated heterocycles. The molecule has 1 aromatic heterocycles. The molecule has 2 rings (SSSR count). The fraction of sp³-hybridized carbons (Fsp3) is 0.143. The molecule has 4 nitrogen and oxygen atoms in total. The van der Waals surface area contributed by atoms with Gasteiger partial charge in [-0.1, -0.05) is 6.07 Å². The summed E-state index contributed by atoms with van der Waals surface area (Å²) in [6.45, 7) is -0.0835. The molecule has 110 valence electrons. The zero-order valence-electron chi connectivity index (χ0n) is 11.1. The maximum Gasteiger partial charge on any atom is 0.253 e. The van der Waals surface area contributed by atoms with Crippen LogP contribution in [0.25, 0.3) is 0 Å². The number of rotatable bonds is 5. The maximum absolute atomic E-state index is 13.4. The van der Waals surface area contributed by atoms with Gasteiger partial charge in [-0.15, -0.1) is 0 Å². The summed E-state index contributed by atoms with van der Waals surface area (Å²) in [5, 5.41) is 10.2. The number of nitrogens with zero attached hydrogens (tertiary/aromatic N) is 1. The number of halogens is 3. The van der Waals surface area contributed by atoms with Crippen molar-refractivity contribution in [3.05, 3.63) is 53.0 Å². The second kappa shape index (κ2) is 6.25. The highest BCUT2D eigenvalue weighted by atomic mass is 19.2. The van der Waals surface area contributed by atoms with E-state index < -0.39 is 23.5 Å². The van der Waals surface area contributed by atoms with E-state index >= 15 is 0 Å². The van der Waals surface area contributed by atoms with Crippen molar-refractivity contribution in [1.82, 2.24) is 4.98 Å². The minimum absolute atomic E-state index is 0.0835. The summed E-state index contributed by atoms with van der Waals surface area (Å²) >= 11 is 0. The van der Waals surface area contributed by atoms with Crippen molar-refractivity contribution in [2.24, 2.45) is 0 Å². The fourth-order valence-electron chi connectivity index (χ4n) is 1.73. The Kier molecular flexibility index (Phi) is 4.42. The molecule has 0 aliphatic carbocycles.